The van der Waals surface area contributed by atoms with Crippen LogP contribution in [0.1, 0.15) is 99.8 Å². The topological polar surface area (TPSA) is 37.3 Å². The first-order chi connectivity index (χ1) is 14.2. The maximum absolute atomic E-state index is 13.2. The van der Waals surface area contributed by atoms with Gasteiger partial charge in [-0.15, -0.1) is 0 Å². The Morgan fingerprint density at radius 3 is 1.38 bits per heavy atom. The molecule has 0 saturated carbocycles. The number of allylic oxidation sites excluding steroid dienone is 5. The van der Waals surface area contributed by atoms with Crippen LogP contribution in [0.4, 0.5) is 0 Å². The number of rotatable bonds is 2. The van der Waals surface area contributed by atoms with Gasteiger partial charge in [-0.05, 0) is 39.4 Å². The Bertz CT molecular complexity index is 903. The molecule has 0 bridgehead atoms. The SMILES string of the molecule is CC(C)(C)C1=CC(C=Cc2cc(C(C)(C)C)c(O)c(C(C)(C)C)c2)C=C(C(C)(C)C)C1=O. The molecule has 0 aromatic heterocycles. The lowest BCUT2D eigenvalue weighted by molar-refractivity contribution is -0.114. The third-order valence-corrected chi connectivity index (χ3v) is 6.08. The quantitative estimate of drug-likeness (QED) is 0.508. The van der Waals surface area contributed by atoms with E-state index in [1.54, 1.807) is 0 Å². The zero-order chi connectivity index (χ0) is 24.9. The second-order valence-electron chi connectivity index (χ2n) is 13.4. The van der Waals surface area contributed by atoms with Gasteiger partial charge >= 0.3 is 0 Å². The van der Waals surface area contributed by atoms with Crippen LogP contribution in [0.3, 0.4) is 0 Å². The van der Waals surface area contributed by atoms with E-state index in [1.165, 1.54) is 0 Å². The molecular formula is C30H44O2. The molecule has 0 aliphatic heterocycles. The van der Waals surface area contributed by atoms with E-state index in [1.807, 2.05) is 0 Å². The number of phenols is 1. The van der Waals surface area contributed by atoms with Crippen LogP contribution in [0.25, 0.3) is 6.08 Å². The summed E-state index contributed by atoms with van der Waals surface area (Å²) >= 11 is 0. The summed E-state index contributed by atoms with van der Waals surface area (Å²) in [6.45, 7) is 25.4. The van der Waals surface area contributed by atoms with Gasteiger partial charge in [0.25, 0.3) is 0 Å². The molecule has 2 nitrogen and oxygen atoms in total. The number of benzene rings is 1. The molecule has 0 amide bonds. The minimum Gasteiger partial charge on any atom is -0.507 e. The number of phenolic OH excluding ortho intramolecular Hbond substituents is 1. The van der Waals surface area contributed by atoms with Crippen LogP contribution in [0.2, 0.25) is 0 Å². The fourth-order valence-corrected chi connectivity index (χ4v) is 4.14. The van der Waals surface area contributed by atoms with E-state index in [2.05, 4.69) is 120 Å². The fraction of sp³-hybridized carbons (Fsp3) is 0.567. The lowest BCUT2D eigenvalue weighted by Crippen LogP contribution is -2.29. The van der Waals surface area contributed by atoms with Gasteiger partial charge < -0.3 is 5.11 Å². The Balaban J connectivity index is 2.61. The van der Waals surface area contributed by atoms with Crippen LogP contribution in [0, 0.1) is 16.7 Å². The highest BCUT2D eigenvalue weighted by Gasteiger charge is 2.34. The van der Waals surface area contributed by atoms with Crippen molar-refractivity contribution in [2.24, 2.45) is 16.7 Å². The van der Waals surface area contributed by atoms with Gasteiger partial charge in [0.05, 0.1) is 0 Å². The van der Waals surface area contributed by atoms with E-state index in [0.717, 1.165) is 27.8 Å². The monoisotopic (exact) mass is 436 g/mol. The molecule has 1 aromatic rings. The molecule has 2 rings (SSSR count). The van der Waals surface area contributed by atoms with Gasteiger partial charge in [-0.25, -0.2) is 0 Å². The molecule has 1 aromatic carbocycles. The maximum atomic E-state index is 13.2. The van der Waals surface area contributed by atoms with Gasteiger partial charge in [0.15, 0.2) is 5.78 Å². The van der Waals surface area contributed by atoms with Gasteiger partial charge in [-0.3, -0.25) is 4.79 Å². The van der Waals surface area contributed by atoms with E-state index in [-0.39, 0.29) is 33.4 Å². The number of Topliss-reactive ketones (excluding diaryl/α,β-unsaturated/α-hetero) is 1. The Morgan fingerprint density at radius 1 is 0.688 bits per heavy atom. The van der Waals surface area contributed by atoms with Crippen LogP contribution in [-0.4, -0.2) is 10.9 Å². The smallest absolute Gasteiger partial charge is 0.185 e. The second-order valence-corrected chi connectivity index (χ2v) is 13.4. The highest BCUT2D eigenvalue weighted by atomic mass is 16.3. The number of aromatic hydroxyl groups is 1. The first kappa shape index (κ1) is 26.2. The first-order valence-electron chi connectivity index (χ1n) is 11.8. The van der Waals surface area contributed by atoms with Crippen molar-refractivity contribution in [3.63, 3.8) is 0 Å². The summed E-state index contributed by atoms with van der Waals surface area (Å²) in [5.41, 5.74) is 4.03. The van der Waals surface area contributed by atoms with Crippen molar-refractivity contribution < 1.29 is 9.90 Å². The summed E-state index contributed by atoms with van der Waals surface area (Å²) in [6, 6.07) is 4.19. The number of carbonyl (C=O) groups excluding carboxylic acids is 1. The summed E-state index contributed by atoms with van der Waals surface area (Å²) in [5, 5.41) is 11.0. The summed E-state index contributed by atoms with van der Waals surface area (Å²) in [5.74, 6) is 0.626. The predicted molar refractivity (Wildman–Crippen MR) is 138 cm³/mol. The largest absolute Gasteiger partial charge is 0.507 e. The third kappa shape index (κ3) is 5.82. The molecule has 0 spiro atoms. The van der Waals surface area contributed by atoms with Crippen LogP contribution >= 0.6 is 0 Å². The van der Waals surface area contributed by atoms with E-state index in [9.17, 15) is 9.90 Å². The van der Waals surface area contributed by atoms with Crippen molar-refractivity contribution >= 4 is 11.9 Å². The minimum atomic E-state index is -0.203. The zero-order valence-corrected chi connectivity index (χ0v) is 22.4. The fourth-order valence-electron chi connectivity index (χ4n) is 4.14. The Hall–Kier alpha value is -2.09. The maximum Gasteiger partial charge on any atom is 0.185 e. The number of hydrogen-bond donors (Lipinski definition) is 1. The molecule has 0 atom stereocenters. The highest BCUT2D eigenvalue weighted by molar-refractivity contribution is 6.10. The van der Waals surface area contributed by atoms with E-state index < -0.39 is 0 Å². The normalized spacial score (nSPS) is 17.1. The van der Waals surface area contributed by atoms with E-state index in [0.29, 0.717) is 5.75 Å². The van der Waals surface area contributed by atoms with Gasteiger partial charge in [0.1, 0.15) is 5.75 Å². The number of hydrogen-bond acceptors (Lipinski definition) is 2. The zero-order valence-electron chi connectivity index (χ0n) is 22.4. The Labute approximate surface area is 196 Å². The van der Waals surface area contributed by atoms with Crippen LogP contribution in [0.5, 0.6) is 5.75 Å². The van der Waals surface area contributed by atoms with Crippen molar-refractivity contribution in [3.05, 3.63) is 58.2 Å². The van der Waals surface area contributed by atoms with Crippen molar-refractivity contribution in [2.75, 3.05) is 0 Å². The summed E-state index contributed by atoms with van der Waals surface area (Å²) in [7, 11) is 0. The average Bonchev–Trinajstić information content (AvgIpc) is 2.57. The standard InChI is InChI=1S/C30H44O2/c1-27(2,3)21-15-19(16-22(25(21)31)28(4,5)6)13-14-20-17-23(29(7,8)9)26(32)24(18-20)30(10,11)12/h13-19,32H,1-12H3. The molecule has 32 heavy (non-hydrogen) atoms. The summed E-state index contributed by atoms with van der Waals surface area (Å²) in [6.07, 6.45) is 8.54. The van der Waals surface area contributed by atoms with Gasteiger partial charge in [0.2, 0.25) is 0 Å². The van der Waals surface area contributed by atoms with Crippen molar-refractivity contribution in [1.82, 2.24) is 0 Å². The van der Waals surface area contributed by atoms with E-state index in [4.69, 9.17) is 0 Å². The van der Waals surface area contributed by atoms with Gasteiger partial charge in [-0.1, -0.05) is 107 Å². The lowest BCUT2D eigenvalue weighted by atomic mass is 9.71. The molecule has 1 N–H and O–H groups in total. The van der Waals surface area contributed by atoms with Crippen LogP contribution in [-0.2, 0) is 15.6 Å². The van der Waals surface area contributed by atoms with E-state index >= 15 is 0 Å². The molecular weight excluding hydrogens is 392 g/mol. The lowest BCUT2D eigenvalue weighted by Gasteiger charge is -2.32. The number of carbonyl (C=O) groups is 1. The highest BCUT2D eigenvalue weighted by Crippen LogP contribution is 2.41. The van der Waals surface area contributed by atoms with Gasteiger partial charge in [0, 0.05) is 28.2 Å². The predicted octanol–water partition coefficient (Wildman–Crippen LogP) is 8.14. The molecule has 0 heterocycles. The Morgan fingerprint density at radius 2 is 1.06 bits per heavy atom. The second kappa shape index (κ2) is 8.36. The molecule has 0 fully saturated rings. The Kier molecular flexibility index (Phi) is 6.83. The molecule has 176 valence electrons. The first-order valence-corrected chi connectivity index (χ1v) is 11.8. The summed E-state index contributed by atoms with van der Waals surface area (Å²) < 4.78 is 0. The summed E-state index contributed by atoms with van der Waals surface area (Å²) in [4.78, 5) is 13.2. The molecule has 2 heteroatoms. The van der Waals surface area contributed by atoms with Crippen molar-refractivity contribution in [1.29, 1.82) is 0 Å². The molecule has 0 radical (unpaired) electrons. The molecule has 0 saturated heterocycles. The molecule has 1 aliphatic carbocycles. The molecule has 1 aliphatic rings. The van der Waals surface area contributed by atoms with Crippen molar-refractivity contribution in [3.8, 4) is 5.75 Å². The third-order valence-electron chi connectivity index (χ3n) is 6.08. The van der Waals surface area contributed by atoms with Crippen LogP contribution in [0.15, 0.2) is 41.5 Å². The van der Waals surface area contributed by atoms with Crippen LogP contribution < -0.4 is 0 Å². The molecule has 0 unspecified atom stereocenters. The van der Waals surface area contributed by atoms with Gasteiger partial charge in [-0.2, -0.15) is 0 Å². The number of ketones is 1. The average molecular weight is 437 g/mol. The van der Waals surface area contributed by atoms with Crippen molar-refractivity contribution in [2.45, 2.75) is 93.9 Å². The minimum absolute atomic E-state index is 0.0566.